The Labute approximate surface area is 105 Å². The van der Waals surface area contributed by atoms with Gasteiger partial charge in [0.05, 0.1) is 12.4 Å². The van der Waals surface area contributed by atoms with Crippen LogP contribution in [0.3, 0.4) is 0 Å². The molecule has 0 amide bonds. The van der Waals surface area contributed by atoms with Gasteiger partial charge in [-0.05, 0) is 26.0 Å². The lowest BCUT2D eigenvalue weighted by Crippen LogP contribution is -2.25. The van der Waals surface area contributed by atoms with E-state index in [1.807, 2.05) is 6.92 Å². The van der Waals surface area contributed by atoms with E-state index < -0.39 is 0 Å². The molecule has 17 heavy (non-hydrogen) atoms. The molecule has 0 radical (unpaired) electrons. The van der Waals surface area contributed by atoms with Gasteiger partial charge in [-0.3, -0.25) is 4.79 Å². The first-order chi connectivity index (χ1) is 8.08. The first-order valence-electron chi connectivity index (χ1n) is 5.45. The summed E-state index contributed by atoms with van der Waals surface area (Å²) >= 11 is 1.76. The van der Waals surface area contributed by atoms with Crippen LogP contribution in [-0.4, -0.2) is 28.2 Å². The summed E-state index contributed by atoms with van der Waals surface area (Å²) in [6, 6.07) is 6.50. The molecule has 0 fully saturated rings. The van der Waals surface area contributed by atoms with E-state index in [4.69, 9.17) is 0 Å². The zero-order valence-corrected chi connectivity index (χ0v) is 10.8. The zero-order valence-electron chi connectivity index (χ0n) is 9.93. The molecule has 0 saturated carbocycles. The maximum atomic E-state index is 12.0. The summed E-state index contributed by atoms with van der Waals surface area (Å²) in [6.07, 6.45) is 0. The molecule has 0 atom stereocenters. The first-order valence-corrected chi connectivity index (χ1v) is 6.44. The first kappa shape index (κ1) is 12.0. The van der Waals surface area contributed by atoms with Gasteiger partial charge in [0.1, 0.15) is 5.75 Å². The zero-order chi connectivity index (χ0) is 12.4. The summed E-state index contributed by atoms with van der Waals surface area (Å²) in [5.41, 5.74) is 1.73. The monoisotopic (exact) mass is 249 g/mol. The number of Topliss-reactive ketones (excluding diaryl/α,β-unsaturated/α-hetero) is 1. The van der Waals surface area contributed by atoms with Gasteiger partial charge in [0.25, 0.3) is 0 Å². The van der Waals surface area contributed by atoms with Crippen LogP contribution in [0.1, 0.15) is 24.2 Å². The van der Waals surface area contributed by atoms with Crippen LogP contribution in [-0.2, 0) is 0 Å². The van der Waals surface area contributed by atoms with Gasteiger partial charge >= 0.3 is 0 Å². The SMILES string of the molecule is CC1=C(C)N(CC(=O)c2cccc(O)c2)CS1. The summed E-state index contributed by atoms with van der Waals surface area (Å²) in [6.45, 7) is 4.48. The lowest BCUT2D eigenvalue weighted by molar-refractivity contribution is 0.0958. The average Bonchev–Trinajstić information content (AvgIpc) is 2.61. The molecule has 3 nitrogen and oxygen atoms in total. The molecule has 2 rings (SSSR count). The topological polar surface area (TPSA) is 40.5 Å². The van der Waals surface area contributed by atoms with Crippen molar-refractivity contribution in [2.45, 2.75) is 13.8 Å². The van der Waals surface area contributed by atoms with E-state index in [0.717, 1.165) is 5.88 Å². The molecule has 1 aromatic carbocycles. The Morgan fingerprint density at radius 3 is 2.82 bits per heavy atom. The Morgan fingerprint density at radius 2 is 2.24 bits per heavy atom. The summed E-state index contributed by atoms with van der Waals surface area (Å²) in [7, 11) is 0. The molecule has 0 saturated heterocycles. The van der Waals surface area contributed by atoms with Crippen molar-refractivity contribution in [3.8, 4) is 5.75 Å². The van der Waals surface area contributed by atoms with Gasteiger partial charge in [-0.15, -0.1) is 11.8 Å². The summed E-state index contributed by atoms with van der Waals surface area (Å²) in [5, 5.41) is 9.34. The molecule has 4 heteroatoms. The lowest BCUT2D eigenvalue weighted by Gasteiger charge is -2.18. The predicted octanol–water partition coefficient (Wildman–Crippen LogP) is 2.83. The quantitative estimate of drug-likeness (QED) is 0.836. The number of phenols is 1. The van der Waals surface area contributed by atoms with Gasteiger partial charge in [0.15, 0.2) is 5.78 Å². The molecular weight excluding hydrogens is 234 g/mol. The van der Waals surface area contributed by atoms with Crippen LogP contribution >= 0.6 is 11.8 Å². The van der Waals surface area contributed by atoms with Crippen molar-refractivity contribution in [3.05, 3.63) is 40.4 Å². The fraction of sp³-hybridized carbons (Fsp3) is 0.308. The molecule has 0 bridgehead atoms. The van der Waals surface area contributed by atoms with Crippen LogP contribution in [0.2, 0.25) is 0 Å². The third-order valence-corrected chi connectivity index (χ3v) is 4.09. The van der Waals surface area contributed by atoms with Crippen molar-refractivity contribution in [2.75, 3.05) is 12.4 Å². The number of thioether (sulfide) groups is 1. The van der Waals surface area contributed by atoms with Crippen LogP contribution in [0.25, 0.3) is 0 Å². The third kappa shape index (κ3) is 2.64. The van der Waals surface area contributed by atoms with Gasteiger partial charge < -0.3 is 10.0 Å². The highest BCUT2D eigenvalue weighted by atomic mass is 32.2. The normalized spacial score (nSPS) is 15.5. The lowest BCUT2D eigenvalue weighted by atomic mass is 10.1. The molecule has 0 aliphatic carbocycles. The third-order valence-electron chi connectivity index (χ3n) is 2.92. The summed E-state index contributed by atoms with van der Waals surface area (Å²) < 4.78 is 0. The maximum absolute atomic E-state index is 12.0. The Bertz CT molecular complexity index is 482. The fourth-order valence-electron chi connectivity index (χ4n) is 1.71. The second kappa shape index (κ2) is 4.84. The van der Waals surface area contributed by atoms with Crippen LogP contribution in [0, 0.1) is 0 Å². The Balaban J connectivity index is 2.08. The van der Waals surface area contributed by atoms with Crippen molar-refractivity contribution in [3.63, 3.8) is 0 Å². The van der Waals surface area contributed by atoms with E-state index in [1.54, 1.807) is 30.0 Å². The molecular formula is C13H15NO2S. The van der Waals surface area contributed by atoms with Crippen LogP contribution in [0.4, 0.5) is 0 Å². The molecule has 0 spiro atoms. The Morgan fingerprint density at radius 1 is 1.47 bits per heavy atom. The number of hydrogen-bond acceptors (Lipinski definition) is 4. The van der Waals surface area contributed by atoms with Crippen LogP contribution in [0.15, 0.2) is 34.9 Å². The molecule has 90 valence electrons. The van der Waals surface area contributed by atoms with Gasteiger partial charge in [-0.1, -0.05) is 12.1 Å². The number of nitrogens with zero attached hydrogens (tertiary/aromatic N) is 1. The molecule has 1 N–H and O–H groups in total. The van der Waals surface area contributed by atoms with E-state index in [2.05, 4.69) is 11.8 Å². The number of benzene rings is 1. The number of carbonyl (C=O) groups is 1. The number of ketones is 1. The average molecular weight is 249 g/mol. The highest BCUT2D eigenvalue weighted by Crippen LogP contribution is 2.30. The van der Waals surface area contributed by atoms with Crippen molar-refractivity contribution in [1.29, 1.82) is 0 Å². The molecule has 1 aliphatic heterocycles. The molecule has 1 heterocycles. The highest BCUT2D eigenvalue weighted by molar-refractivity contribution is 8.03. The second-order valence-electron chi connectivity index (χ2n) is 4.09. The van der Waals surface area contributed by atoms with Crippen molar-refractivity contribution in [1.82, 2.24) is 4.90 Å². The number of allylic oxidation sites excluding steroid dienone is 2. The van der Waals surface area contributed by atoms with Crippen LogP contribution in [0.5, 0.6) is 5.75 Å². The highest BCUT2D eigenvalue weighted by Gasteiger charge is 2.19. The largest absolute Gasteiger partial charge is 0.508 e. The minimum absolute atomic E-state index is 0.0375. The van der Waals surface area contributed by atoms with E-state index in [0.29, 0.717) is 12.1 Å². The van der Waals surface area contributed by atoms with Gasteiger partial charge in [0, 0.05) is 16.2 Å². The number of hydrogen-bond donors (Lipinski definition) is 1. The Hall–Kier alpha value is -1.42. The van der Waals surface area contributed by atoms with Gasteiger partial charge in [-0.25, -0.2) is 0 Å². The fourth-order valence-corrected chi connectivity index (χ4v) is 2.68. The van der Waals surface area contributed by atoms with E-state index >= 15 is 0 Å². The summed E-state index contributed by atoms with van der Waals surface area (Å²) in [5.74, 6) is 1.01. The molecule has 1 aromatic rings. The van der Waals surface area contributed by atoms with Crippen molar-refractivity contribution in [2.24, 2.45) is 0 Å². The molecule has 1 aliphatic rings. The van der Waals surface area contributed by atoms with Crippen molar-refractivity contribution < 1.29 is 9.90 Å². The van der Waals surface area contributed by atoms with Crippen molar-refractivity contribution >= 4 is 17.5 Å². The smallest absolute Gasteiger partial charge is 0.182 e. The maximum Gasteiger partial charge on any atom is 0.182 e. The van der Waals surface area contributed by atoms with Gasteiger partial charge in [-0.2, -0.15) is 0 Å². The Kier molecular flexibility index (Phi) is 3.43. The number of rotatable bonds is 3. The van der Waals surface area contributed by atoms with Crippen LogP contribution < -0.4 is 0 Å². The summed E-state index contributed by atoms with van der Waals surface area (Å²) in [4.78, 5) is 15.4. The minimum Gasteiger partial charge on any atom is -0.508 e. The van der Waals surface area contributed by atoms with Gasteiger partial charge in [0.2, 0.25) is 0 Å². The predicted molar refractivity (Wildman–Crippen MR) is 70.0 cm³/mol. The molecule has 0 unspecified atom stereocenters. The number of carbonyl (C=O) groups excluding carboxylic acids is 1. The number of aromatic hydroxyl groups is 1. The standard InChI is InChI=1S/C13H15NO2S/c1-9-10(2)17-8-14(9)7-13(16)11-4-3-5-12(15)6-11/h3-6,15H,7-8H2,1-2H3. The second-order valence-corrected chi connectivity index (χ2v) is 5.25. The van der Waals surface area contributed by atoms with E-state index in [-0.39, 0.29) is 11.5 Å². The minimum atomic E-state index is 0.0375. The molecule has 0 aromatic heterocycles. The van der Waals surface area contributed by atoms with E-state index in [9.17, 15) is 9.90 Å². The number of phenolic OH excluding ortho intramolecular Hbond substituents is 1. The van der Waals surface area contributed by atoms with E-state index in [1.165, 1.54) is 16.7 Å².